The van der Waals surface area contributed by atoms with Crippen molar-refractivity contribution in [3.05, 3.63) is 89.0 Å². The summed E-state index contributed by atoms with van der Waals surface area (Å²) in [6.45, 7) is 3.44. The zero-order chi connectivity index (χ0) is 27.0. The Hall–Kier alpha value is -3.54. The molecule has 0 aliphatic heterocycles. The van der Waals surface area contributed by atoms with E-state index in [1.165, 1.54) is 14.2 Å². The second-order valence-corrected chi connectivity index (χ2v) is 9.05. The van der Waals surface area contributed by atoms with E-state index in [0.29, 0.717) is 28.0 Å². The summed E-state index contributed by atoms with van der Waals surface area (Å²) in [5.41, 5.74) is 4.13. The predicted molar refractivity (Wildman–Crippen MR) is 145 cm³/mol. The summed E-state index contributed by atoms with van der Waals surface area (Å²) in [6, 6.07) is 19.6. The number of oxime groups is 2. The van der Waals surface area contributed by atoms with E-state index in [4.69, 9.17) is 19.1 Å². The summed E-state index contributed by atoms with van der Waals surface area (Å²) in [5.74, 6) is -0.712. The van der Waals surface area contributed by atoms with Crippen LogP contribution < -0.4 is 4.74 Å². The standard InChI is InChI=1S/C27H25F2IN2O5/c1-17-9-8-12-22(25(32-35-4)26(33)34-3)23(17)16-36-31-18(2)21-14-13-20(19-10-6-5-7-11-19)15-24(21)37-27(28,29)30/h5-15H,16H2,1-4H3/b31-18+,32-25+. The third-order valence-corrected chi connectivity index (χ3v) is 5.56. The summed E-state index contributed by atoms with van der Waals surface area (Å²) in [5, 5.41) is 7.94. The zero-order valence-corrected chi connectivity index (χ0v) is 22.8. The van der Waals surface area contributed by atoms with Crippen LogP contribution in [0.3, 0.4) is 0 Å². The smallest absolute Gasteiger partial charge is 0.451 e. The lowest BCUT2D eigenvalue weighted by Gasteiger charge is -2.16. The minimum atomic E-state index is -3.43. The minimum Gasteiger partial charge on any atom is -0.464 e. The number of carbonyl (C=O) groups excluding carboxylic acids is 1. The topological polar surface area (TPSA) is 78.7 Å². The van der Waals surface area contributed by atoms with Crippen molar-refractivity contribution in [3.8, 4) is 16.9 Å². The van der Waals surface area contributed by atoms with Crippen LogP contribution in [0.25, 0.3) is 11.1 Å². The number of alkyl halides is 3. The Balaban J connectivity index is 1.92. The number of nitrogens with zero attached hydrogens (tertiary/aromatic N) is 2. The zero-order valence-electron chi connectivity index (χ0n) is 20.6. The monoisotopic (exact) mass is 622 g/mol. The van der Waals surface area contributed by atoms with Crippen molar-refractivity contribution in [1.29, 1.82) is 0 Å². The summed E-state index contributed by atoms with van der Waals surface area (Å²) in [6.07, 6.45) is 0. The highest BCUT2D eigenvalue weighted by Crippen LogP contribution is 2.34. The number of esters is 1. The van der Waals surface area contributed by atoms with Gasteiger partial charge in [-0.25, -0.2) is 4.79 Å². The molecule has 10 heteroatoms. The van der Waals surface area contributed by atoms with E-state index >= 15 is 0 Å². The van der Waals surface area contributed by atoms with E-state index in [9.17, 15) is 13.6 Å². The van der Waals surface area contributed by atoms with Crippen LogP contribution in [0.15, 0.2) is 77.0 Å². The molecule has 0 aliphatic carbocycles. The molecule has 0 heterocycles. The van der Waals surface area contributed by atoms with Gasteiger partial charge in [-0.15, -0.1) is 0 Å². The Bertz CT molecular complexity index is 1310. The molecule has 0 radical (unpaired) electrons. The molecule has 0 saturated carbocycles. The van der Waals surface area contributed by atoms with E-state index < -0.39 is 10.1 Å². The first-order chi connectivity index (χ1) is 17.6. The lowest BCUT2D eigenvalue weighted by Crippen LogP contribution is -2.20. The molecule has 3 rings (SSSR count). The van der Waals surface area contributed by atoms with E-state index in [0.717, 1.165) is 33.7 Å². The molecule has 0 aliphatic rings. The van der Waals surface area contributed by atoms with E-state index in [-0.39, 0.29) is 18.1 Å². The van der Waals surface area contributed by atoms with Gasteiger partial charge >= 0.3 is 10.1 Å². The van der Waals surface area contributed by atoms with Gasteiger partial charge in [0.15, 0.2) is 5.71 Å². The van der Waals surface area contributed by atoms with Gasteiger partial charge in [-0.1, -0.05) is 64.9 Å². The minimum absolute atomic E-state index is 0.0236. The van der Waals surface area contributed by atoms with E-state index in [1.807, 2.05) is 43.3 Å². The van der Waals surface area contributed by atoms with Crippen molar-refractivity contribution in [2.24, 2.45) is 10.3 Å². The molecule has 0 saturated heterocycles. The number of methoxy groups -OCH3 is 1. The third kappa shape index (κ3) is 7.48. The van der Waals surface area contributed by atoms with Gasteiger partial charge in [-0.2, -0.15) is 8.78 Å². The summed E-state index contributed by atoms with van der Waals surface area (Å²) >= 11 is 0.925. The van der Waals surface area contributed by atoms with Crippen molar-refractivity contribution in [1.82, 2.24) is 0 Å². The van der Waals surface area contributed by atoms with Crippen molar-refractivity contribution in [2.45, 2.75) is 24.6 Å². The largest absolute Gasteiger partial charge is 0.464 e. The third-order valence-electron chi connectivity index (χ3n) is 5.34. The molecular weight excluding hydrogens is 597 g/mol. The first kappa shape index (κ1) is 28.0. The van der Waals surface area contributed by atoms with Crippen molar-refractivity contribution in [2.75, 3.05) is 14.2 Å². The maximum Gasteiger partial charge on any atom is 0.451 e. The lowest BCUT2D eigenvalue weighted by atomic mass is 9.99. The fourth-order valence-corrected chi connectivity index (χ4v) is 3.82. The molecular formula is C27H25F2IN2O5. The number of aryl methyl sites for hydroxylation is 1. The van der Waals surface area contributed by atoms with Gasteiger partial charge in [0.05, 0.1) is 35.4 Å². The molecule has 0 bridgehead atoms. The molecule has 37 heavy (non-hydrogen) atoms. The molecule has 0 atom stereocenters. The number of ether oxygens (including phenoxy) is 2. The average Bonchev–Trinajstić information content (AvgIpc) is 2.87. The molecule has 0 spiro atoms. The van der Waals surface area contributed by atoms with Gasteiger partial charge in [0, 0.05) is 16.7 Å². The Morgan fingerprint density at radius 3 is 2.32 bits per heavy atom. The Morgan fingerprint density at radius 1 is 0.946 bits per heavy atom. The van der Waals surface area contributed by atoms with E-state index in [2.05, 4.69) is 10.3 Å². The maximum absolute atomic E-state index is 13.8. The fourth-order valence-electron chi connectivity index (χ4n) is 3.58. The van der Waals surface area contributed by atoms with Gasteiger partial charge < -0.3 is 19.1 Å². The van der Waals surface area contributed by atoms with Gasteiger partial charge in [-0.05, 0) is 42.7 Å². The number of carbonyl (C=O) groups is 1. The predicted octanol–water partition coefficient (Wildman–Crippen LogP) is 6.49. The molecule has 3 aromatic rings. The van der Waals surface area contributed by atoms with E-state index in [1.54, 1.807) is 37.3 Å². The lowest BCUT2D eigenvalue weighted by molar-refractivity contribution is -0.132. The Morgan fingerprint density at radius 2 is 1.68 bits per heavy atom. The second kappa shape index (κ2) is 12.6. The highest BCUT2D eigenvalue weighted by Gasteiger charge is 2.28. The molecule has 0 amide bonds. The van der Waals surface area contributed by atoms with Gasteiger partial charge in [0.25, 0.3) is 0 Å². The first-order valence-corrected chi connectivity index (χ1v) is 12.1. The normalized spacial score (nSPS) is 12.2. The van der Waals surface area contributed by atoms with Crippen LogP contribution in [0.2, 0.25) is 0 Å². The summed E-state index contributed by atoms with van der Waals surface area (Å²) in [4.78, 5) is 22.6. The molecule has 7 nitrogen and oxygen atoms in total. The van der Waals surface area contributed by atoms with Crippen LogP contribution in [-0.4, -0.2) is 35.7 Å². The Kier molecular flexibility index (Phi) is 9.56. The van der Waals surface area contributed by atoms with Crippen LogP contribution >= 0.6 is 22.6 Å². The molecule has 0 aromatic heterocycles. The number of hydrogen-bond donors (Lipinski definition) is 0. The van der Waals surface area contributed by atoms with Gasteiger partial charge in [-0.3, -0.25) is 0 Å². The summed E-state index contributed by atoms with van der Waals surface area (Å²) in [7, 11) is 2.57. The first-order valence-electron chi connectivity index (χ1n) is 11.0. The van der Waals surface area contributed by atoms with Crippen LogP contribution in [0.5, 0.6) is 5.75 Å². The quantitative estimate of drug-likeness (QED) is 0.0850. The maximum atomic E-state index is 13.8. The molecule has 194 valence electrons. The van der Waals surface area contributed by atoms with Crippen LogP contribution in [0.4, 0.5) is 8.78 Å². The summed E-state index contributed by atoms with van der Waals surface area (Å²) < 4.78 is 34.0. The highest BCUT2D eigenvalue weighted by atomic mass is 127. The number of benzene rings is 3. The SMILES string of the molecule is CO/N=C(/C(=O)OC)c1cccc(C)c1CO/N=C(\C)c1ccc(-c2ccccc2)cc1OC(F)(F)I. The van der Waals surface area contributed by atoms with Gasteiger partial charge in [0.1, 0.15) is 19.5 Å². The second-order valence-electron chi connectivity index (χ2n) is 7.79. The van der Waals surface area contributed by atoms with Crippen LogP contribution in [0.1, 0.15) is 29.2 Å². The number of hydrogen-bond acceptors (Lipinski definition) is 7. The van der Waals surface area contributed by atoms with Crippen molar-refractivity contribution in [3.63, 3.8) is 0 Å². The van der Waals surface area contributed by atoms with Crippen molar-refractivity contribution >= 4 is 40.0 Å². The molecule has 0 fully saturated rings. The number of halogens is 3. The van der Waals surface area contributed by atoms with Crippen LogP contribution in [-0.2, 0) is 25.8 Å². The van der Waals surface area contributed by atoms with Gasteiger partial charge in [0.2, 0.25) is 0 Å². The van der Waals surface area contributed by atoms with Crippen LogP contribution in [0, 0.1) is 6.92 Å². The van der Waals surface area contributed by atoms with Crippen molar-refractivity contribution < 1.29 is 32.7 Å². The fraction of sp³-hybridized carbons (Fsp3) is 0.222. The average molecular weight is 622 g/mol. The molecule has 0 unspecified atom stereocenters. The highest BCUT2D eigenvalue weighted by molar-refractivity contribution is 14.1. The number of rotatable bonds is 10. The molecule has 0 N–H and O–H groups in total. The molecule has 3 aromatic carbocycles. The Labute approximate surface area is 227 Å².